The summed E-state index contributed by atoms with van der Waals surface area (Å²) in [5, 5.41) is 0. The van der Waals surface area contributed by atoms with Gasteiger partial charge in [-0.3, -0.25) is 4.79 Å². The van der Waals surface area contributed by atoms with Crippen LogP contribution >= 0.6 is 0 Å². The maximum absolute atomic E-state index is 13.4. The minimum Gasteiger partial charge on any atom is -0.396 e. The first-order valence-corrected chi connectivity index (χ1v) is 6.35. The standard InChI is InChI=1S/C14H19FN2O/c1-9(2)17(8-10-6-7-10)14(18)11-4-3-5-12(15)13(11)16/h3-5,9-10H,6-8,16H2,1-2H3. The Bertz CT molecular complexity index is 455. The van der Waals surface area contributed by atoms with Crippen molar-refractivity contribution in [1.29, 1.82) is 0 Å². The number of carbonyl (C=O) groups excluding carboxylic acids is 1. The monoisotopic (exact) mass is 250 g/mol. The molecule has 2 rings (SSSR count). The van der Waals surface area contributed by atoms with Crippen molar-refractivity contribution in [3.8, 4) is 0 Å². The highest BCUT2D eigenvalue weighted by Crippen LogP contribution is 2.31. The van der Waals surface area contributed by atoms with Gasteiger partial charge in [-0.25, -0.2) is 4.39 Å². The third kappa shape index (κ3) is 2.63. The van der Waals surface area contributed by atoms with Crippen LogP contribution in [0, 0.1) is 11.7 Å². The van der Waals surface area contributed by atoms with E-state index in [-0.39, 0.29) is 23.2 Å². The Morgan fingerprint density at radius 1 is 1.50 bits per heavy atom. The Morgan fingerprint density at radius 3 is 2.72 bits per heavy atom. The van der Waals surface area contributed by atoms with E-state index in [2.05, 4.69) is 0 Å². The fraction of sp³-hybridized carbons (Fsp3) is 0.500. The first-order valence-electron chi connectivity index (χ1n) is 6.35. The van der Waals surface area contributed by atoms with E-state index in [4.69, 9.17) is 5.73 Å². The molecule has 1 saturated carbocycles. The smallest absolute Gasteiger partial charge is 0.256 e. The molecule has 18 heavy (non-hydrogen) atoms. The van der Waals surface area contributed by atoms with Gasteiger partial charge < -0.3 is 10.6 Å². The molecule has 0 heterocycles. The number of amides is 1. The summed E-state index contributed by atoms with van der Waals surface area (Å²) in [6, 6.07) is 4.48. The lowest BCUT2D eigenvalue weighted by Crippen LogP contribution is -2.38. The van der Waals surface area contributed by atoms with Gasteiger partial charge in [-0.1, -0.05) is 6.07 Å². The molecular weight excluding hydrogens is 231 g/mol. The van der Waals surface area contributed by atoms with Gasteiger partial charge in [-0.05, 0) is 44.7 Å². The van der Waals surface area contributed by atoms with Crippen LogP contribution < -0.4 is 5.73 Å². The molecule has 1 fully saturated rings. The summed E-state index contributed by atoms with van der Waals surface area (Å²) in [7, 11) is 0. The highest BCUT2D eigenvalue weighted by atomic mass is 19.1. The molecular formula is C14H19FN2O. The first kappa shape index (κ1) is 12.9. The van der Waals surface area contributed by atoms with Crippen LogP contribution in [0.4, 0.5) is 10.1 Å². The van der Waals surface area contributed by atoms with E-state index in [1.807, 2.05) is 13.8 Å². The fourth-order valence-electron chi connectivity index (χ4n) is 1.99. The van der Waals surface area contributed by atoms with E-state index >= 15 is 0 Å². The van der Waals surface area contributed by atoms with Crippen LogP contribution in [-0.4, -0.2) is 23.4 Å². The Balaban J connectivity index is 2.23. The summed E-state index contributed by atoms with van der Waals surface area (Å²) in [5.74, 6) is -0.101. The SMILES string of the molecule is CC(C)N(CC1CC1)C(=O)c1cccc(F)c1N. The maximum atomic E-state index is 13.4. The number of nitrogens with two attached hydrogens (primary N) is 1. The number of nitrogen functional groups attached to an aromatic ring is 1. The van der Waals surface area contributed by atoms with E-state index in [1.165, 1.54) is 25.0 Å². The number of nitrogens with zero attached hydrogens (tertiary/aromatic N) is 1. The molecule has 1 amide bonds. The van der Waals surface area contributed by atoms with Crippen molar-refractivity contribution in [1.82, 2.24) is 4.90 Å². The number of carbonyl (C=O) groups is 1. The number of hydrogen-bond acceptors (Lipinski definition) is 2. The molecule has 2 N–H and O–H groups in total. The molecule has 0 saturated heterocycles. The van der Waals surface area contributed by atoms with Gasteiger partial charge in [0, 0.05) is 12.6 Å². The molecule has 3 nitrogen and oxygen atoms in total. The highest BCUT2D eigenvalue weighted by Gasteiger charge is 2.29. The van der Waals surface area contributed by atoms with Gasteiger partial charge in [0.25, 0.3) is 5.91 Å². The van der Waals surface area contributed by atoms with Crippen LogP contribution in [-0.2, 0) is 0 Å². The second kappa shape index (κ2) is 4.96. The molecule has 4 heteroatoms. The average Bonchev–Trinajstić information content (AvgIpc) is 3.12. The lowest BCUT2D eigenvalue weighted by atomic mass is 10.1. The summed E-state index contributed by atoms with van der Waals surface area (Å²) in [6.45, 7) is 4.68. The van der Waals surface area contributed by atoms with Crippen LogP contribution in [0.2, 0.25) is 0 Å². The van der Waals surface area contributed by atoms with Gasteiger partial charge in [-0.15, -0.1) is 0 Å². The molecule has 0 spiro atoms. The predicted molar refractivity (Wildman–Crippen MR) is 69.7 cm³/mol. The Labute approximate surface area is 107 Å². The second-order valence-corrected chi connectivity index (χ2v) is 5.20. The summed E-state index contributed by atoms with van der Waals surface area (Å²) in [5.41, 5.74) is 5.86. The van der Waals surface area contributed by atoms with E-state index in [0.29, 0.717) is 5.92 Å². The molecule has 0 bridgehead atoms. The number of halogens is 1. The second-order valence-electron chi connectivity index (χ2n) is 5.20. The summed E-state index contributed by atoms with van der Waals surface area (Å²) < 4.78 is 13.4. The average molecular weight is 250 g/mol. The highest BCUT2D eigenvalue weighted by molar-refractivity contribution is 5.99. The van der Waals surface area contributed by atoms with Crippen molar-refractivity contribution in [3.05, 3.63) is 29.6 Å². The number of hydrogen-bond donors (Lipinski definition) is 1. The van der Waals surface area contributed by atoms with Gasteiger partial charge in [0.05, 0.1) is 11.3 Å². The molecule has 1 aliphatic rings. The zero-order valence-corrected chi connectivity index (χ0v) is 10.8. The van der Waals surface area contributed by atoms with Crippen LogP contribution in [0.25, 0.3) is 0 Å². The van der Waals surface area contributed by atoms with Crippen molar-refractivity contribution in [2.45, 2.75) is 32.7 Å². The van der Waals surface area contributed by atoms with Crippen molar-refractivity contribution in [2.75, 3.05) is 12.3 Å². The number of anilines is 1. The molecule has 1 aliphatic carbocycles. The van der Waals surface area contributed by atoms with Crippen LogP contribution in [0.15, 0.2) is 18.2 Å². The number of rotatable bonds is 4. The topological polar surface area (TPSA) is 46.3 Å². The third-order valence-corrected chi connectivity index (χ3v) is 3.32. The molecule has 1 aromatic carbocycles. The normalized spacial score (nSPS) is 14.9. The zero-order chi connectivity index (χ0) is 13.3. The minimum absolute atomic E-state index is 0.0519. The molecule has 0 aromatic heterocycles. The van der Waals surface area contributed by atoms with Crippen LogP contribution in [0.5, 0.6) is 0 Å². The lowest BCUT2D eigenvalue weighted by Gasteiger charge is -2.27. The van der Waals surface area contributed by atoms with E-state index in [9.17, 15) is 9.18 Å². The van der Waals surface area contributed by atoms with Crippen molar-refractivity contribution in [2.24, 2.45) is 5.92 Å². The fourth-order valence-corrected chi connectivity index (χ4v) is 1.99. The number of para-hydroxylation sites is 1. The first-order chi connectivity index (χ1) is 8.50. The van der Waals surface area contributed by atoms with Gasteiger partial charge in [0.15, 0.2) is 0 Å². The van der Waals surface area contributed by atoms with Crippen molar-refractivity contribution >= 4 is 11.6 Å². The Hall–Kier alpha value is -1.58. The zero-order valence-electron chi connectivity index (χ0n) is 10.8. The van der Waals surface area contributed by atoms with E-state index in [1.54, 1.807) is 11.0 Å². The molecule has 1 aromatic rings. The summed E-state index contributed by atoms with van der Waals surface area (Å²) in [6.07, 6.45) is 2.35. The predicted octanol–water partition coefficient (Wildman–Crippen LogP) is 2.67. The number of benzene rings is 1. The minimum atomic E-state index is -0.532. The van der Waals surface area contributed by atoms with Gasteiger partial charge in [0.2, 0.25) is 0 Å². The summed E-state index contributed by atoms with van der Waals surface area (Å²) in [4.78, 5) is 14.2. The van der Waals surface area contributed by atoms with Crippen LogP contribution in [0.1, 0.15) is 37.0 Å². The van der Waals surface area contributed by atoms with Gasteiger partial charge >= 0.3 is 0 Å². The summed E-state index contributed by atoms with van der Waals surface area (Å²) >= 11 is 0. The van der Waals surface area contributed by atoms with Gasteiger partial charge in [-0.2, -0.15) is 0 Å². The maximum Gasteiger partial charge on any atom is 0.256 e. The Morgan fingerprint density at radius 2 is 2.17 bits per heavy atom. The lowest BCUT2D eigenvalue weighted by molar-refractivity contribution is 0.0697. The molecule has 0 radical (unpaired) electrons. The molecule has 0 atom stereocenters. The van der Waals surface area contributed by atoms with Crippen molar-refractivity contribution in [3.63, 3.8) is 0 Å². The Kier molecular flexibility index (Phi) is 3.55. The van der Waals surface area contributed by atoms with E-state index < -0.39 is 5.82 Å². The van der Waals surface area contributed by atoms with Crippen LogP contribution in [0.3, 0.4) is 0 Å². The van der Waals surface area contributed by atoms with E-state index in [0.717, 1.165) is 6.54 Å². The van der Waals surface area contributed by atoms with Gasteiger partial charge in [0.1, 0.15) is 5.82 Å². The molecule has 0 unspecified atom stereocenters. The molecule has 0 aliphatic heterocycles. The third-order valence-electron chi connectivity index (χ3n) is 3.32. The quantitative estimate of drug-likeness (QED) is 0.835. The largest absolute Gasteiger partial charge is 0.396 e. The van der Waals surface area contributed by atoms with Crippen molar-refractivity contribution < 1.29 is 9.18 Å². The molecule has 98 valence electrons.